The number of pyridine rings is 1. The minimum absolute atomic E-state index is 0.0661. The summed E-state index contributed by atoms with van der Waals surface area (Å²) >= 11 is 0. The van der Waals surface area contributed by atoms with Gasteiger partial charge in [0.25, 0.3) is 0 Å². The number of esters is 2. The average molecular weight is 366 g/mol. The summed E-state index contributed by atoms with van der Waals surface area (Å²) in [7, 11) is 3.90. The van der Waals surface area contributed by atoms with Gasteiger partial charge in [0.15, 0.2) is 0 Å². The number of hydrogen-bond acceptors (Lipinski definition) is 8. The molecule has 1 heterocycles. The maximum absolute atomic E-state index is 11.6. The van der Waals surface area contributed by atoms with Crippen LogP contribution in [0.25, 0.3) is 0 Å². The number of hydrogen-bond donors (Lipinski definition) is 1. The maximum Gasteiger partial charge on any atom is 0.396 e. The molecule has 1 fully saturated rings. The number of aromatic nitrogens is 1. The first-order valence-corrected chi connectivity index (χ1v) is 8.17. The zero-order valence-corrected chi connectivity index (χ0v) is 14.9. The number of amides is 1. The molecule has 26 heavy (non-hydrogen) atoms. The third-order valence-corrected chi connectivity index (χ3v) is 4.14. The van der Waals surface area contributed by atoms with Crippen LogP contribution in [0.3, 0.4) is 0 Å². The van der Waals surface area contributed by atoms with E-state index in [0.717, 1.165) is 7.11 Å². The summed E-state index contributed by atoms with van der Waals surface area (Å²) in [4.78, 5) is 38.5. The Bertz CT molecular complexity index is 669. The SMILES string of the molecule is COC(=O)C(=O)Nc1ccc(O[C@H]2CC[C@@H](C(=O)OC)CC2)nc1OC. The zero-order chi connectivity index (χ0) is 19.1. The van der Waals surface area contributed by atoms with Gasteiger partial charge in [-0.25, -0.2) is 4.79 Å². The Morgan fingerprint density at radius 2 is 1.73 bits per heavy atom. The van der Waals surface area contributed by atoms with Gasteiger partial charge in [-0.3, -0.25) is 9.59 Å². The van der Waals surface area contributed by atoms with Crippen molar-refractivity contribution >= 4 is 23.5 Å². The Hall–Kier alpha value is -2.84. The molecule has 0 aliphatic heterocycles. The van der Waals surface area contributed by atoms with Gasteiger partial charge >= 0.3 is 17.8 Å². The first-order chi connectivity index (χ1) is 12.5. The summed E-state index contributed by atoms with van der Waals surface area (Å²) in [6, 6.07) is 3.10. The third kappa shape index (κ3) is 4.84. The van der Waals surface area contributed by atoms with Crippen molar-refractivity contribution in [3.8, 4) is 11.8 Å². The van der Waals surface area contributed by atoms with E-state index in [4.69, 9.17) is 14.2 Å². The number of nitrogens with zero attached hydrogens (tertiary/aromatic N) is 1. The van der Waals surface area contributed by atoms with E-state index in [2.05, 4.69) is 15.0 Å². The Balaban J connectivity index is 1.98. The summed E-state index contributed by atoms with van der Waals surface area (Å²) in [5.41, 5.74) is 0.227. The lowest BCUT2D eigenvalue weighted by Crippen LogP contribution is -2.28. The Labute approximate surface area is 151 Å². The largest absolute Gasteiger partial charge is 0.479 e. The normalized spacial score (nSPS) is 19.2. The van der Waals surface area contributed by atoms with Crippen molar-refractivity contribution in [1.29, 1.82) is 0 Å². The average Bonchev–Trinajstić information content (AvgIpc) is 2.68. The van der Waals surface area contributed by atoms with Crippen LogP contribution in [0.1, 0.15) is 25.7 Å². The minimum atomic E-state index is -1.02. The molecule has 9 nitrogen and oxygen atoms in total. The lowest BCUT2D eigenvalue weighted by molar-refractivity contribution is -0.150. The van der Waals surface area contributed by atoms with Crippen molar-refractivity contribution in [1.82, 2.24) is 4.98 Å². The molecule has 0 radical (unpaired) electrons. The second kappa shape index (κ2) is 9.02. The highest BCUT2D eigenvalue weighted by molar-refractivity contribution is 6.37. The molecule has 0 atom stereocenters. The highest BCUT2D eigenvalue weighted by Crippen LogP contribution is 2.30. The number of methoxy groups -OCH3 is 3. The lowest BCUT2D eigenvalue weighted by Gasteiger charge is -2.27. The van der Waals surface area contributed by atoms with E-state index in [1.807, 2.05) is 0 Å². The molecule has 142 valence electrons. The Morgan fingerprint density at radius 1 is 1.04 bits per heavy atom. The number of carbonyl (C=O) groups is 3. The zero-order valence-electron chi connectivity index (χ0n) is 14.9. The fraction of sp³-hybridized carbons (Fsp3) is 0.529. The van der Waals surface area contributed by atoms with Crippen LogP contribution in [0.5, 0.6) is 11.8 Å². The molecule has 1 saturated carbocycles. The molecule has 0 aromatic carbocycles. The van der Waals surface area contributed by atoms with Crippen LogP contribution in [0.15, 0.2) is 12.1 Å². The van der Waals surface area contributed by atoms with Crippen LogP contribution < -0.4 is 14.8 Å². The molecule has 2 rings (SSSR count). The molecular formula is C17H22N2O7. The van der Waals surface area contributed by atoms with Gasteiger partial charge < -0.3 is 24.3 Å². The molecule has 1 aliphatic rings. The molecule has 1 aliphatic carbocycles. The van der Waals surface area contributed by atoms with E-state index < -0.39 is 11.9 Å². The van der Waals surface area contributed by atoms with Gasteiger partial charge in [0.1, 0.15) is 11.8 Å². The van der Waals surface area contributed by atoms with Crippen LogP contribution in [0.2, 0.25) is 0 Å². The number of nitrogens with one attached hydrogen (secondary N) is 1. The first-order valence-electron chi connectivity index (χ1n) is 8.17. The van der Waals surface area contributed by atoms with Gasteiger partial charge in [-0.15, -0.1) is 0 Å². The lowest BCUT2D eigenvalue weighted by atomic mass is 9.87. The molecule has 1 amide bonds. The summed E-state index contributed by atoms with van der Waals surface area (Å²) in [6.07, 6.45) is 2.75. The van der Waals surface area contributed by atoms with Crippen molar-refractivity contribution in [2.24, 2.45) is 5.92 Å². The molecule has 0 spiro atoms. The van der Waals surface area contributed by atoms with E-state index in [0.29, 0.717) is 31.6 Å². The second-order valence-corrected chi connectivity index (χ2v) is 5.77. The molecule has 1 aromatic heterocycles. The van der Waals surface area contributed by atoms with Crippen molar-refractivity contribution < 1.29 is 33.3 Å². The monoisotopic (exact) mass is 366 g/mol. The second-order valence-electron chi connectivity index (χ2n) is 5.77. The van der Waals surface area contributed by atoms with Gasteiger partial charge in [0.05, 0.1) is 27.2 Å². The van der Waals surface area contributed by atoms with Gasteiger partial charge in [0, 0.05) is 6.07 Å². The molecular weight excluding hydrogens is 344 g/mol. The van der Waals surface area contributed by atoms with E-state index in [1.54, 1.807) is 6.07 Å². The van der Waals surface area contributed by atoms with Crippen LogP contribution in [-0.2, 0) is 23.9 Å². The highest BCUT2D eigenvalue weighted by Gasteiger charge is 2.28. The van der Waals surface area contributed by atoms with Crippen LogP contribution in [0.4, 0.5) is 5.69 Å². The fourth-order valence-corrected chi connectivity index (χ4v) is 2.76. The number of anilines is 1. The maximum atomic E-state index is 11.6. The van der Waals surface area contributed by atoms with Crippen LogP contribution in [0, 0.1) is 5.92 Å². The summed E-state index contributed by atoms with van der Waals surface area (Å²) < 4.78 is 20.1. The van der Waals surface area contributed by atoms with Crippen molar-refractivity contribution in [3.63, 3.8) is 0 Å². The van der Waals surface area contributed by atoms with Crippen LogP contribution in [-0.4, -0.2) is 50.3 Å². The molecule has 1 aromatic rings. The summed E-state index contributed by atoms with van der Waals surface area (Å²) in [5, 5.41) is 2.36. The van der Waals surface area contributed by atoms with Gasteiger partial charge in [-0.05, 0) is 31.7 Å². The summed E-state index contributed by atoms with van der Waals surface area (Å²) in [6.45, 7) is 0. The number of rotatable bonds is 5. The topological polar surface area (TPSA) is 113 Å². The minimum Gasteiger partial charge on any atom is -0.479 e. The molecule has 0 bridgehead atoms. The van der Waals surface area contributed by atoms with E-state index in [-0.39, 0.29) is 29.6 Å². The van der Waals surface area contributed by atoms with E-state index >= 15 is 0 Å². The van der Waals surface area contributed by atoms with E-state index in [9.17, 15) is 14.4 Å². The third-order valence-electron chi connectivity index (χ3n) is 4.14. The molecule has 0 saturated heterocycles. The van der Waals surface area contributed by atoms with Gasteiger partial charge in [0.2, 0.25) is 11.8 Å². The molecule has 0 unspecified atom stereocenters. The number of ether oxygens (including phenoxy) is 4. The van der Waals surface area contributed by atoms with Gasteiger partial charge in [-0.2, -0.15) is 4.98 Å². The predicted octanol–water partition coefficient (Wildman–Crippen LogP) is 1.31. The Kier molecular flexibility index (Phi) is 6.76. The van der Waals surface area contributed by atoms with E-state index in [1.165, 1.54) is 20.3 Å². The quantitative estimate of drug-likeness (QED) is 0.613. The molecule has 9 heteroatoms. The predicted molar refractivity (Wildman–Crippen MR) is 89.8 cm³/mol. The van der Waals surface area contributed by atoms with Crippen molar-refractivity contribution in [2.45, 2.75) is 31.8 Å². The smallest absolute Gasteiger partial charge is 0.396 e. The van der Waals surface area contributed by atoms with Crippen molar-refractivity contribution in [2.75, 3.05) is 26.6 Å². The van der Waals surface area contributed by atoms with Gasteiger partial charge in [-0.1, -0.05) is 0 Å². The van der Waals surface area contributed by atoms with Crippen molar-refractivity contribution in [3.05, 3.63) is 12.1 Å². The summed E-state index contributed by atoms with van der Waals surface area (Å²) in [5.74, 6) is -1.77. The van der Waals surface area contributed by atoms with Crippen LogP contribution >= 0.6 is 0 Å². The molecule has 1 N–H and O–H groups in total. The highest BCUT2D eigenvalue weighted by atomic mass is 16.5. The standard InChI is InChI=1S/C17H22N2O7/c1-23-15-12(18-14(20)17(22)25-3)8-9-13(19-15)26-11-6-4-10(5-7-11)16(21)24-2/h8-11H,4-7H2,1-3H3,(H,18,20)/t10-,11+. The number of carbonyl (C=O) groups excluding carboxylic acids is 3. The Morgan fingerprint density at radius 3 is 2.31 bits per heavy atom. The first kappa shape index (κ1) is 19.5. The fourth-order valence-electron chi connectivity index (χ4n) is 2.76.